The molecule has 7 heteroatoms. The molecule has 6 nitrogen and oxygen atoms in total. The number of hydrogen-bond donors (Lipinski definition) is 1. The number of piperidine rings is 1. The van der Waals surface area contributed by atoms with E-state index in [4.69, 9.17) is 11.6 Å². The van der Waals surface area contributed by atoms with Gasteiger partial charge >= 0.3 is 0 Å². The van der Waals surface area contributed by atoms with Crippen molar-refractivity contribution < 1.29 is 9.72 Å². The molecule has 1 aliphatic rings. The Kier molecular flexibility index (Phi) is 6.08. The van der Waals surface area contributed by atoms with Gasteiger partial charge in [-0.05, 0) is 44.5 Å². The third kappa shape index (κ3) is 5.05. The number of anilines is 1. The molecule has 2 aromatic carbocycles. The van der Waals surface area contributed by atoms with Crippen molar-refractivity contribution >= 4 is 28.9 Å². The lowest BCUT2D eigenvalue weighted by Crippen LogP contribution is -2.37. The molecule has 1 aliphatic heterocycles. The summed E-state index contributed by atoms with van der Waals surface area (Å²) in [6.45, 7) is 4.64. The molecule has 0 unspecified atom stereocenters. The van der Waals surface area contributed by atoms with Gasteiger partial charge < -0.3 is 5.32 Å². The van der Waals surface area contributed by atoms with Gasteiger partial charge in [0, 0.05) is 24.6 Å². The molecule has 2 aromatic rings. The smallest absolute Gasteiger partial charge is 0.271 e. The van der Waals surface area contributed by atoms with Gasteiger partial charge in [-0.3, -0.25) is 19.8 Å². The second-order valence-electron chi connectivity index (χ2n) is 6.95. The van der Waals surface area contributed by atoms with Gasteiger partial charge in [0.1, 0.15) is 0 Å². The van der Waals surface area contributed by atoms with E-state index in [0.717, 1.165) is 32.5 Å². The first-order valence-corrected chi connectivity index (χ1v) is 9.33. The highest BCUT2D eigenvalue weighted by Crippen LogP contribution is 2.28. The van der Waals surface area contributed by atoms with Gasteiger partial charge in [-0.15, -0.1) is 0 Å². The molecular formula is C20H22ClN3O3. The zero-order valence-corrected chi connectivity index (χ0v) is 15.9. The standard InChI is InChI=1S/C20H22ClN3O3/c1-14-2-4-15(5-3-14)13-23-10-8-16(9-11-23)20(25)22-19-12-17(24(26)27)6-7-18(19)21/h2-7,12,16H,8-11,13H2,1H3,(H,22,25). The average molecular weight is 388 g/mol. The van der Waals surface area contributed by atoms with Gasteiger partial charge in [0.2, 0.25) is 5.91 Å². The Balaban J connectivity index is 1.55. The summed E-state index contributed by atoms with van der Waals surface area (Å²) in [6, 6.07) is 12.5. The van der Waals surface area contributed by atoms with Crippen LogP contribution < -0.4 is 5.32 Å². The molecule has 3 rings (SSSR count). The summed E-state index contributed by atoms with van der Waals surface area (Å²) >= 11 is 6.06. The number of hydrogen-bond acceptors (Lipinski definition) is 4. The molecule has 1 fully saturated rings. The minimum absolute atomic E-state index is 0.0948. The monoisotopic (exact) mass is 387 g/mol. The van der Waals surface area contributed by atoms with E-state index in [1.54, 1.807) is 0 Å². The number of carbonyl (C=O) groups is 1. The molecule has 0 aliphatic carbocycles. The first-order chi connectivity index (χ1) is 12.9. The van der Waals surface area contributed by atoms with E-state index in [0.29, 0.717) is 5.02 Å². The summed E-state index contributed by atoms with van der Waals surface area (Å²) in [5, 5.41) is 13.9. The van der Waals surface area contributed by atoms with Gasteiger partial charge in [0.25, 0.3) is 5.69 Å². The summed E-state index contributed by atoms with van der Waals surface area (Å²) in [5.74, 6) is -0.248. The number of nitro groups is 1. The van der Waals surface area contributed by atoms with Crippen molar-refractivity contribution in [1.29, 1.82) is 0 Å². The maximum Gasteiger partial charge on any atom is 0.271 e. The van der Waals surface area contributed by atoms with Crippen molar-refractivity contribution in [3.8, 4) is 0 Å². The summed E-state index contributed by atoms with van der Waals surface area (Å²) < 4.78 is 0. The number of likely N-dealkylation sites (tertiary alicyclic amines) is 1. The fourth-order valence-corrected chi connectivity index (χ4v) is 3.43. The van der Waals surface area contributed by atoms with E-state index < -0.39 is 4.92 Å². The molecule has 0 aromatic heterocycles. The maximum absolute atomic E-state index is 12.5. The molecule has 0 saturated carbocycles. The van der Waals surface area contributed by atoms with Gasteiger partial charge in [-0.25, -0.2) is 0 Å². The van der Waals surface area contributed by atoms with E-state index in [9.17, 15) is 14.9 Å². The highest BCUT2D eigenvalue weighted by molar-refractivity contribution is 6.33. The average Bonchev–Trinajstić information content (AvgIpc) is 2.65. The topological polar surface area (TPSA) is 75.5 Å². The summed E-state index contributed by atoms with van der Waals surface area (Å²) in [5.41, 5.74) is 2.71. The highest BCUT2D eigenvalue weighted by atomic mass is 35.5. The SMILES string of the molecule is Cc1ccc(CN2CCC(C(=O)Nc3cc([N+](=O)[O-])ccc3Cl)CC2)cc1. The second kappa shape index (κ2) is 8.50. The Labute approximate surface area is 163 Å². The predicted octanol–water partition coefficient (Wildman–Crippen LogP) is 4.41. The number of amides is 1. The van der Waals surface area contributed by atoms with Gasteiger partial charge in [-0.1, -0.05) is 41.4 Å². The Bertz CT molecular complexity index is 831. The minimum Gasteiger partial charge on any atom is -0.324 e. The number of rotatable bonds is 5. The third-order valence-corrected chi connectivity index (χ3v) is 5.23. The van der Waals surface area contributed by atoms with Gasteiger partial charge in [0.15, 0.2) is 0 Å². The van der Waals surface area contributed by atoms with Crippen LogP contribution >= 0.6 is 11.6 Å². The van der Waals surface area contributed by atoms with Crippen LogP contribution in [0, 0.1) is 23.0 Å². The largest absolute Gasteiger partial charge is 0.324 e. The normalized spacial score (nSPS) is 15.5. The van der Waals surface area contributed by atoms with Crippen molar-refractivity contribution in [3.05, 3.63) is 68.7 Å². The Hall–Kier alpha value is -2.44. The van der Waals surface area contributed by atoms with E-state index in [1.165, 1.54) is 29.3 Å². The first-order valence-electron chi connectivity index (χ1n) is 8.95. The lowest BCUT2D eigenvalue weighted by Gasteiger charge is -2.31. The fraction of sp³-hybridized carbons (Fsp3) is 0.350. The molecule has 1 N–H and O–H groups in total. The number of aryl methyl sites for hydroxylation is 1. The van der Waals surface area contributed by atoms with Crippen molar-refractivity contribution in [2.24, 2.45) is 5.92 Å². The molecule has 0 spiro atoms. The molecule has 0 bridgehead atoms. The number of nitro benzene ring substituents is 1. The van der Waals surface area contributed by atoms with Gasteiger partial charge in [-0.2, -0.15) is 0 Å². The van der Waals surface area contributed by atoms with Crippen LogP contribution in [0.1, 0.15) is 24.0 Å². The van der Waals surface area contributed by atoms with Crippen molar-refractivity contribution in [2.45, 2.75) is 26.3 Å². The van der Waals surface area contributed by atoms with Crippen LogP contribution in [0.15, 0.2) is 42.5 Å². The number of non-ortho nitro benzene ring substituents is 1. The molecule has 1 heterocycles. The Morgan fingerprint density at radius 2 is 1.89 bits per heavy atom. The highest BCUT2D eigenvalue weighted by Gasteiger charge is 2.25. The Morgan fingerprint density at radius 1 is 1.22 bits per heavy atom. The van der Waals surface area contributed by atoms with Crippen LogP contribution in [0.2, 0.25) is 5.02 Å². The zero-order chi connectivity index (χ0) is 19.4. The van der Waals surface area contributed by atoms with E-state index in [1.807, 2.05) is 0 Å². The van der Waals surface area contributed by atoms with Gasteiger partial charge in [0.05, 0.1) is 15.6 Å². The van der Waals surface area contributed by atoms with Crippen LogP contribution in [-0.2, 0) is 11.3 Å². The van der Waals surface area contributed by atoms with Crippen LogP contribution in [0.5, 0.6) is 0 Å². The van der Waals surface area contributed by atoms with Crippen LogP contribution in [0.4, 0.5) is 11.4 Å². The predicted molar refractivity (Wildman–Crippen MR) is 106 cm³/mol. The number of nitrogens with one attached hydrogen (secondary N) is 1. The van der Waals surface area contributed by atoms with Crippen LogP contribution in [0.3, 0.4) is 0 Å². The summed E-state index contributed by atoms with van der Waals surface area (Å²) in [7, 11) is 0. The maximum atomic E-state index is 12.5. The summed E-state index contributed by atoms with van der Waals surface area (Å²) in [4.78, 5) is 25.3. The molecule has 0 radical (unpaired) electrons. The second-order valence-corrected chi connectivity index (χ2v) is 7.35. The van der Waals surface area contributed by atoms with Crippen molar-refractivity contribution in [3.63, 3.8) is 0 Å². The minimum atomic E-state index is -0.504. The molecule has 1 amide bonds. The third-order valence-electron chi connectivity index (χ3n) is 4.90. The van der Waals surface area contributed by atoms with Crippen LogP contribution in [-0.4, -0.2) is 28.8 Å². The Morgan fingerprint density at radius 3 is 2.52 bits per heavy atom. The fourth-order valence-electron chi connectivity index (χ4n) is 3.26. The van der Waals surface area contributed by atoms with E-state index >= 15 is 0 Å². The molecule has 142 valence electrons. The zero-order valence-electron chi connectivity index (χ0n) is 15.2. The number of nitrogens with zero attached hydrogens (tertiary/aromatic N) is 2. The molecule has 1 saturated heterocycles. The van der Waals surface area contributed by atoms with E-state index in [-0.39, 0.29) is 23.2 Å². The number of halogens is 1. The number of benzene rings is 2. The lowest BCUT2D eigenvalue weighted by molar-refractivity contribution is -0.384. The molecular weight excluding hydrogens is 366 g/mol. The quantitative estimate of drug-likeness (QED) is 0.609. The van der Waals surface area contributed by atoms with Crippen molar-refractivity contribution in [2.75, 3.05) is 18.4 Å². The summed E-state index contributed by atoms with van der Waals surface area (Å²) in [6.07, 6.45) is 1.51. The van der Waals surface area contributed by atoms with E-state index in [2.05, 4.69) is 41.4 Å². The van der Waals surface area contributed by atoms with Crippen molar-refractivity contribution in [1.82, 2.24) is 4.90 Å². The first kappa shape index (κ1) is 19.3. The lowest BCUT2D eigenvalue weighted by atomic mass is 9.95. The molecule has 27 heavy (non-hydrogen) atoms. The van der Waals surface area contributed by atoms with Crippen LogP contribution in [0.25, 0.3) is 0 Å². The number of carbonyl (C=O) groups excluding carboxylic acids is 1. The molecule has 0 atom stereocenters.